The highest BCUT2D eigenvalue weighted by Gasteiger charge is 2.45. The number of unbranched alkanes of at least 4 members (excludes halogenated alkanes) is 3. The molecule has 0 bridgehead atoms. The first-order chi connectivity index (χ1) is 16.8. The van der Waals surface area contributed by atoms with Crippen LogP contribution in [0.1, 0.15) is 104 Å². The summed E-state index contributed by atoms with van der Waals surface area (Å²) in [6.07, 6.45) is 14.5. The maximum absolute atomic E-state index is 13.1. The SMILES string of the molecule is CCC=CC1OC(C)(C)OC1CC[C@H]1[C@H](OC2CCCCO2)CC(=O)[C@@H]1CCCCCCC(=O)O. The lowest BCUT2D eigenvalue weighted by atomic mass is 9.84. The van der Waals surface area contributed by atoms with Gasteiger partial charge in [-0.25, -0.2) is 0 Å². The van der Waals surface area contributed by atoms with Crippen molar-refractivity contribution in [1.29, 1.82) is 0 Å². The van der Waals surface area contributed by atoms with Gasteiger partial charge in [-0.1, -0.05) is 38.3 Å². The summed E-state index contributed by atoms with van der Waals surface area (Å²) in [5.41, 5.74) is 0. The zero-order chi connectivity index (χ0) is 25.3. The summed E-state index contributed by atoms with van der Waals surface area (Å²) >= 11 is 0. The molecule has 3 fully saturated rings. The summed E-state index contributed by atoms with van der Waals surface area (Å²) in [5, 5.41) is 8.83. The summed E-state index contributed by atoms with van der Waals surface area (Å²) in [5.74, 6) is -0.916. The van der Waals surface area contributed by atoms with Crippen LogP contribution in [0.15, 0.2) is 12.2 Å². The summed E-state index contributed by atoms with van der Waals surface area (Å²) in [4.78, 5) is 23.8. The van der Waals surface area contributed by atoms with E-state index < -0.39 is 11.8 Å². The van der Waals surface area contributed by atoms with E-state index >= 15 is 0 Å². The second-order valence-electron chi connectivity index (χ2n) is 10.8. The van der Waals surface area contributed by atoms with Crippen LogP contribution >= 0.6 is 0 Å². The summed E-state index contributed by atoms with van der Waals surface area (Å²) < 4.78 is 24.6. The molecule has 0 spiro atoms. The third kappa shape index (κ3) is 8.96. The second-order valence-corrected chi connectivity index (χ2v) is 10.8. The Hall–Kier alpha value is -1.28. The molecule has 35 heavy (non-hydrogen) atoms. The molecule has 0 radical (unpaired) electrons. The predicted molar refractivity (Wildman–Crippen MR) is 133 cm³/mol. The molecule has 0 aromatic carbocycles. The van der Waals surface area contributed by atoms with Crippen LogP contribution in [0.4, 0.5) is 0 Å². The van der Waals surface area contributed by atoms with Crippen molar-refractivity contribution in [3.05, 3.63) is 12.2 Å². The molecule has 3 rings (SSSR count). The Morgan fingerprint density at radius 2 is 1.91 bits per heavy atom. The number of carbonyl (C=O) groups is 2. The van der Waals surface area contributed by atoms with Crippen molar-refractivity contribution in [2.24, 2.45) is 11.8 Å². The van der Waals surface area contributed by atoms with Crippen LogP contribution < -0.4 is 0 Å². The third-order valence-electron chi connectivity index (χ3n) is 7.50. The highest BCUT2D eigenvalue weighted by Crippen LogP contribution is 2.41. The van der Waals surface area contributed by atoms with Gasteiger partial charge < -0.3 is 24.1 Å². The molecule has 2 aliphatic heterocycles. The van der Waals surface area contributed by atoms with E-state index in [1.165, 1.54) is 0 Å². The van der Waals surface area contributed by atoms with Gasteiger partial charge in [0.05, 0.1) is 12.2 Å². The predicted octanol–water partition coefficient (Wildman–Crippen LogP) is 5.80. The number of ketones is 1. The van der Waals surface area contributed by atoms with E-state index in [2.05, 4.69) is 19.1 Å². The Labute approximate surface area is 210 Å². The maximum atomic E-state index is 13.1. The van der Waals surface area contributed by atoms with Crippen LogP contribution in [0.3, 0.4) is 0 Å². The van der Waals surface area contributed by atoms with Gasteiger partial charge in [-0.15, -0.1) is 0 Å². The molecule has 6 atom stereocenters. The number of hydrogen-bond acceptors (Lipinski definition) is 6. The van der Waals surface area contributed by atoms with Crippen molar-refractivity contribution in [1.82, 2.24) is 0 Å². The Kier molecular flexibility index (Phi) is 11.2. The fourth-order valence-electron chi connectivity index (χ4n) is 5.79. The molecule has 3 unspecified atom stereocenters. The summed E-state index contributed by atoms with van der Waals surface area (Å²) in [6, 6.07) is 0. The van der Waals surface area contributed by atoms with Gasteiger partial charge in [-0.05, 0) is 71.1 Å². The molecule has 0 amide bonds. The van der Waals surface area contributed by atoms with E-state index in [1.807, 2.05) is 13.8 Å². The van der Waals surface area contributed by atoms with Gasteiger partial charge in [0.2, 0.25) is 0 Å². The van der Waals surface area contributed by atoms with Crippen molar-refractivity contribution in [3.63, 3.8) is 0 Å². The number of rotatable bonds is 14. The van der Waals surface area contributed by atoms with Crippen LogP contribution in [0.2, 0.25) is 0 Å². The standard InChI is InChI=1S/C28H46O7/c1-4-5-13-23-24(35-28(2,3)34-23)17-16-21-20(12-8-6-7-9-14-26(30)31)22(29)19-25(21)33-27-15-10-11-18-32-27/h5,13,20-21,23-25,27H,4,6-12,14-19H2,1-3H3,(H,30,31)/t20-,21-,23?,24?,25-,27?/m1/s1. The first-order valence-electron chi connectivity index (χ1n) is 13.8. The summed E-state index contributed by atoms with van der Waals surface area (Å²) in [6.45, 7) is 6.75. The minimum absolute atomic E-state index is 0.0111. The highest BCUT2D eigenvalue weighted by molar-refractivity contribution is 5.84. The van der Waals surface area contributed by atoms with Gasteiger partial charge in [0, 0.05) is 25.4 Å². The Bertz CT molecular complexity index is 697. The first-order valence-corrected chi connectivity index (χ1v) is 13.8. The number of hydrogen-bond donors (Lipinski definition) is 1. The molecular formula is C28H46O7. The van der Waals surface area contributed by atoms with E-state index in [0.717, 1.165) is 70.8 Å². The molecule has 0 aromatic heterocycles. The van der Waals surface area contributed by atoms with E-state index in [4.69, 9.17) is 24.1 Å². The molecule has 1 saturated carbocycles. The smallest absolute Gasteiger partial charge is 0.303 e. The third-order valence-corrected chi connectivity index (χ3v) is 7.50. The van der Waals surface area contributed by atoms with Crippen molar-refractivity contribution in [2.45, 2.75) is 135 Å². The molecule has 0 aromatic rings. The largest absolute Gasteiger partial charge is 0.481 e. The number of Topliss-reactive ketones (excluding diaryl/α,β-unsaturated/α-hetero) is 1. The minimum Gasteiger partial charge on any atom is -0.481 e. The number of carboxylic acids is 1. The minimum atomic E-state index is -0.741. The van der Waals surface area contributed by atoms with Gasteiger partial charge in [0.15, 0.2) is 12.1 Å². The van der Waals surface area contributed by atoms with E-state index in [1.54, 1.807) is 0 Å². The molecule has 2 heterocycles. The summed E-state index contributed by atoms with van der Waals surface area (Å²) in [7, 11) is 0. The first kappa shape index (κ1) is 28.3. The van der Waals surface area contributed by atoms with Crippen LogP contribution in [0.25, 0.3) is 0 Å². The van der Waals surface area contributed by atoms with Crippen LogP contribution in [-0.2, 0) is 28.5 Å². The number of carbonyl (C=O) groups excluding carboxylic acids is 1. The van der Waals surface area contributed by atoms with Crippen molar-refractivity contribution < 1.29 is 33.6 Å². The molecule has 3 aliphatic rings. The van der Waals surface area contributed by atoms with Crippen molar-refractivity contribution in [3.8, 4) is 0 Å². The normalized spacial score (nSPS) is 33.1. The van der Waals surface area contributed by atoms with E-state index in [0.29, 0.717) is 18.6 Å². The molecule has 200 valence electrons. The van der Waals surface area contributed by atoms with Crippen LogP contribution in [0, 0.1) is 11.8 Å². The number of carboxylic acid groups (broad SMARTS) is 1. The Balaban J connectivity index is 1.60. The zero-order valence-electron chi connectivity index (χ0n) is 21.9. The van der Waals surface area contributed by atoms with Crippen LogP contribution in [-0.4, -0.2) is 53.9 Å². The Morgan fingerprint density at radius 1 is 1.11 bits per heavy atom. The van der Waals surface area contributed by atoms with Gasteiger partial charge in [-0.3, -0.25) is 9.59 Å². The van der Waals surface area contributed by atoms with Gasteiger partial charge >= 0.3 is 5.97 Å². The van der Waals surface area contributed by atoms with Gasteiger partial charge in [0.25, 0.3) is 0 Å². The van der Waals surface area contributed by atoms with E-state index in [9.17, 15) is 9.59 Å². The lowest BCUT2D eigenvalue weighted by Crippen LogP contribution is -2.32. The number of ether oxygens (including phenoxy) is 4. The number of allylic oxidation sites excluding steroid dienone is 1. The quantitative estimate of drug-likeness (QED) is 0.241. The molecular weight excluding hydrogens is 448 g/mol. The van der Waals surface area contributed by atoms with Crippen molar-refractivity contribution >= 4 is 11.8 Å². The highest BCUT2D eigenvalue weighted by atomic mass is 16.7. The molecule has 1 aliphatic carbocycles. The second kappa shape index (κ2) is 13.9. The topological polar surface area (TPSA) is 91.3 Å². The lowest BCUT2D eigenvalue weighted by molar-refractivity contribution is -0.196. The fraction of sp³-hybridized carbons (Fsp3) is 0.857. The Morgan fingerprint density at radius 3 is 2.63 bits per heavy atom. The fourth-order valence-corrected chi connectivity index (χ4v) is 5.79. The monoisotopic (exact) mass is 494 g/mol. The molecule has 7 nitrogen and oxygen atoms in total. The number of aliphatic carboxylic acids is 1. The average molecular weight is 495 g/mol. The van der Waals surface area contributed by atoms with Crippen molar-refractivity contribution in [2.75, 3.05) is 6.61 Å². The zero-order valence-corrected chi connectivity index (χ0v) is 21.9. The molecule has 7 heteroatoms. The van der Waals surface area contributed by atoms with Crippen LogP contribution in [0.5, 0.6) is 0 Å². The van der Waals surface area contributed by atoms with Gasteiger partial charge in [0.1, 0.15) is 11.9 Å². The maximum Gasteiger partial charge on any atom is 0.303 e. The van der Waals surface area contributed by atoms with Gasteiger partial charge in [-0.2, -0.15) is 0 Å². The molecule has 1 N–H and O–H groups in total. The lowest BCUT2D eigenvalue weighted by Gasteiger charge is -2.30. The average Bonchev–Trinajstić information content (AvgIpc) is 3.27. The molecule has 2 saturated heterocycles. The van der Waals surface area contributed by atoms with E-state index in [-0.39, 0.29) is 42.9 Å².